The summed E-state index contributed by atoms with van der Waals surface area (Å²) in [5, 5.41) is 0. The molecule has 2 aliphatic heterocycles. The predicted octanol–water partition coefficient (Wildman–Crippen LogP) is 1.99. The molecule has 0 spiro atoms. The number of benzene rings is 1. The molecule has 136 valence electrons. The molecule has 5 nitrogen and oxygen atoms in total. The number of rotatable bonds is 4. The fourth-order valence-electron chi connectivity index (χ4n) is 3.74. The molecule has 0 aromatic heterocycles. The molecule has 2 fully saturated rings. The van der Waals surface area contributed by atoms with Crippen LogP contribution in [0.5, 0.6) is 0 Å². The van der Waals surface area contributed by atoms with E-state index in [4.69, 9.17) is 0 Å². The lowest BCUT2D eigenvalue weighted by Gasteiger charge is -2.38. The Morgan fingerprint density at radius 1 is 0.920 bits per heavy atom. The van der Waals surface area contributed by atoms with E-state index in [1.165, 1.54) is 6.54 Å². The molecule has 1 aromatic carbocycles. The van der Waals surface area contributed by atoms with Gasteiger partial charge in [0.25, 0.3) is 5.91 Å². The Hall–Kier alpha value is -1.72. The van der Waals surface area contributed by atoms with Gasteiger partial charge in [0.05, 0.1) is 0 Å². The molecule has 0 bridgehead atoms. The Morgan fingerprint density at radius 3 is 2.04 bits per heavy atom. The van der Waals surface area contributed by atoms with E-state index >= 15 is 0 Å². The number of likely N-dealkylation sites (N-methyl/N-ethyl adjacent to an activating group) is 1. The molecule has 0 unspecified atom stereocenters. The van der Waals surface area contributed by atoms with Crippen molar-refractivity contribution in [1.82, 2.24) is 14.7 Å². The lowest BCUT2D eigenvalue weighted by Crippen LogP contribution is -2.48. The average molecular weight is 343 g/mol. The minimum absolute atomic E-state index is 0.0312. The second-order valence-electron chi connectivity index (χ2n) is 7.47. The van der Waals surface area contributed by atoms with Crippen LogP contribution in [0, 0.1) is 5.92 Å². The summed E-state index contributed by atoms with van der Waals surface area (Å²) in [7, 11) is 2.18. The van der Waals surface area contributed by atoms with E-state index in [0.717, 1.165) is 52.1 Å². The highest BCUT2D eigenvalue weighted by Crippen LogP contribution is 2.21. The van der Waals surface area contributed by atoms with Gasteiger partial charge in [0.2, 0.25) is 0 Å². The summed E-state index contributed by atoms with van der Waals surface area (Å²) >= 11 is 0. The molecule has 2 saturated heterocycles. The van der Waals surface area contributed by atoms with Crippen molar-refractivity contribution in [1.29, 1.82) is 0 Å². The van der Waals surface area contributed by atoms with Gasteiger partial charge in [-0.2, -0.15) is 0 Å². The molecule has 0 saturated carbocycles. The molecule has 0 aliphatic carbocycles. The maximum atomic E-state index is 12.6. The number of piperazine rings is 1. The van der Waals surface area contributed by atoms with Crippen LogP contribution in [0.4, 0.5) is 0 Å². The molecule has 2 aliphatic rings. The van der Waals surface area contributed by atoms with Crippen molar-refractivity contribution in [3.8, 4) is 0 Å². The minimum atomic E-state index is 0.0312. The second kappa shape index (κ2) is 8.11. The minimum Gasteiger partial charge on any atom is -0.339 e. The molecular weight excluding hydrogens is 314 g/mol. The summed E-state index contributed by atoms with van der Waals surface area (Å²) in [6, 6.07) is 7.04. The van der Waals surface area contributed by atoms with Crippen LogP contribution in [0.3, 0.4) is 0 Å². The van der Waals surface area contributed by atoms with E-state index in [0.29, 0.717) is 17.0 Å². The number of nitrogens with zero attached hydrogens (tertiary/aromatic N) is 3. The van der Waals surface area contributed by atoms with Crippen LogP contribution in [0.1, 0.15) is 40.5 Å². The number of amides is 1. The summed E-state index contributed by atoms with van der Waals surface area (Å²) in [6.07, 6.45) is 2.17. The predicted molar refractivity (Wildman–Crippen MR) is 99.0 cm³/mol. The van der Waals surface area contributed by atoms with Crippen molar-refractivity contribution in [2.75, 3.05) is 52.9 Å². The third-order valence-corrected chi connectivity index (χ3v) is 5.55. The highest BCUT2D eigenvalue weighted by atomic mass is 16.2. The monoisotopic (exact) mass is 343 g/mol. The van der Waals surface area contributed by atoms with Crippen molar-refractivity contribution >= 4 is 11.7 Å². The van der Waals surface area contributed by atoms with E-state index < -0.39 is 0 Å². The van der Waals surface area contributed by atoms with Crippen molar-refractivity contribution in [3.05, 3.63) is 35.4 Å². The zero-order valence-electron chi connectivity index (χ0n) is 15.4. The third-order valence-electron chi connectivity index (χ3n) is 5.55. The van der Waals surface area contributed by atoms with Crippen molar-refractivity contribution < 1.29 is 9.59 Å². The summed E-state index contributed by atoms with van der Waals surface area (Å²) in [5.41, 5.74) is 1.34. The van der Waals surface area contributed by atoms with Crippen LogP contribution >= 0.6 is 0 Å². The van der Waals surface area contributed by atoms with Gasteiger partial charge in [0, 0.05) is 56.9 Å². The van der Waals surface area contributed by atoms with Crippen molar-refractivity contribution in [3.63, 3.8) is 0 Å². The number of carbonyl (C=O) groups is 2. The van der Waals surface area contributed by atoms with Crippen molar-refractivity contribution in [2.45, 2.75) is 19.8 Å². The Kier molecular flexibility index (Phi) is 5.86. The lowest BCUT2D eigenvalue weighted by molar-refractivity contribution is 0.0643. The molecule has 3 rings (SSSR count). The number of hydrogen-bond acceptors (Lipinski definition) is 4. The summed E-state index contributed by atoms with van der Waals surface area (Å²) in [6.45, 7) is 9.04. The quantitative estimate of drug-likeness (QED) is 0.784. The van der Waals surface area contributed by atoms with Gasteiger partial charge in [-0.1, -0.05) is 12.1 Å². The first kappa shape index (κ1) is 18.1. The normalized spacial score (nSPS) is 20.6. The zero-order valence-corrected chi connectivity index (χ0v) is 15.4. The van der Waals surface area contributed by atoms with Crippen LogP contribution in [0.25, 0.3) is 0 Å². The zero-order chi connectivity index (χ0) is 17.8. The van der Waals surface area contributed by atoms with Crippen LogP contribution in [-0.2, 0) is 0 Å². The summed E-state index contributed by atoms with van der Waals surface area (Å²) in [5.74, 6) is 0.824. The van der Waals surface area contributed by atoms with Gasteiger partial charge in [0.1, 0.15) is 0 Å². The Balaban J connectivity index is 1.48. The SMILES string of the molecule is CC(=O)c1ccc(C(=O)N2CCC(CN3CCN(C)CC3)CC2)cc1. The lowest BCUT2D eigenvalue weighted by atomic mass is 9.95. The maximum absolute atomic E-state index is 12.6. The smallest absolute Gasteiger partial charge is 0.253 e. The summed E-state index contributed by atoms with van der Waals surface area (Å²) in [4.78, 5) is 30.9. The Bertz CT molecular complexity index is 598. The fourth-order valence-corrected chi connectivity index (χ4v) is 3.74. The number of piperidine rings is 1. The highest BCUT2D eigenvalue weighted by Gasteiger charge is 2.26. The van der Waals surface area contributed by atoms with Gasteiger partial charge >= 0.3 is 0 Å². The maximum Gasteiger partial charge on any atom is 0.253 e. The van der Waals surface area contributed by atoms with Gasteiger partial charge in [-0.15, -0.1) is 0 Å². The molecule has 0 radical (unpaired) electrons. The van der Waals surface area contributed by atoms with Gasteiger partial charge in [-0.05, 0) is 44.9 Å². The van der Waals surface area contributed by atoms with E-state index in [9.17, 15) is 9.59 Å². The molecule has 2 heterocycles. The number of likely N-dealkylation sites (tertiary alicyclic amines) is 1. The average Bonchev–Trinajstić information content (AvgIpc) is 2.64. The topological polar surface area (TPSA) is 43.9 Å². The van der Waals surface area contributed by atoms with Gasteiger partial charge < -0.3 is 14.7 Å². The number of hydrogen-bond donors (Lipinski definition) is 0. The fraction of sp³-hybridized carbons (Fsp3) is 0.600. The van der Waals surface area contributed by atoms with Gasteiger partial charge in [0.15, 0.2) is 5.78 Å². The van der Waals surface area contributed by atoms with Crippen LogP contribution < -0.4 is 0 Å². The van der Waals surface area contributed by atoms with E-state index in [1.807, 2.05) is 4.90 Å². The molecule has 0 N–H and O–H groups in total. The number of carbonyl (C=O) groups excluding carboxylic acids is 2. The first-order chi connectivity index (χ1) is 12.0. The van der Waals surface area contributed by atoms with Crippen LogP contribution in [0.2, 0.25) is 0 Å². The molecular formula is C20H29N3O2. The second-order valence-corrected chi connectivity index (χ2v) is 7.47. The van der Waals surface area contributed by atoms with Gasteiger partial charge in [-0.25, -0.2) is 0 Å². The highest BCUT2D eigenvalue weighted by molar-refractivity contribution is 5.97. The van der Waals surface area contributed by atoms with Crippen LogP contribution in [-0.4, -0.2) is 79.3 Å². The third kappa shape index (κ3) is 4.67. The van der Waals surface area contributed by atoms with Crippen LogP contribution in [0.15, 0.2) is 24.3 Å². The molecule has 25 heavy (non-hydrogen) atoms. The molecule has 1 aromatic rings. The Labute approximate surface area is 150 Å². The number of Topliss-reactive ketones (excluding diaryl/α,β-unsaturated/α-hetero) is 1. The van der Waals surface area contributed by atoms with Gasteiger partial charge in [-0.3, -0.25) is 9.59 Å². The largest absolute Gasteiger partial charge is 0.339 e. The van der Waals surface area contributed by atoms with E-state index in [2.05, 4.69) is 16.8 Å². The first-order valence-electron chi connectivity index (χ1n) is 9.34. The van der Waals surface area contributed by atoms with E-state index in [1.54, 1.807) is 31.2 Å². The van der Waals surface area contributed by atoms with E-state index in [-0.39, 0.29) is 11.7 Å². The Morgan fingerprint density at radius 2 is 1.48 bits per heavy atom. The standard InChI is InChI=1S/C20H29N3O2/c1-16(24)18-3-5-19(6-4-18)20(25)23-9-7-17(8-10-23)15-22-13-11-21(2)12-14-22/h3-6,17H,7-15H2,1-2H3. The van der Waals surface area contributed by atoms with Crippen molar-refractivity contribution in [2.24, 2.45) is 5.92 Å². The first-order valence-corrected chi connectivity index (χ1v) is 9.34. The molecule has 0 atom stereocenters. The molecule has 5 heteroatoms. The molecule has 1 amide bonds. The summed E-state index contributed by atoms with van der Waals surface area (Å²) < 4.78 is 0. The number of ketones is 1.